The molecule has 0 amide bonds. The zero-order valence-electron chi connectivity index (χ0n) is 9.41. The molecule has 1 unspecified atom stereocenters. The molecule has 1 atom stereocenters. The Balaban J connectivity index is 3.04. The van der Waals surface area contributed by atoms with Gasteiger partial charge < -0.3 is 10.2 Å². The lowest BCUT2D eigenvalue weighted by atomic mass is 10.2. The van der Waals surface area contributed by atoms with Gasteiger partial charge in [0.25, 0.3) is 0 Å². The van der Waals surface area contributed by atoms with Gasteiger partial charge >= 0.3 is 11.9 Å². The maximum Gasteiger partial charge on any atom is 0.322 e. The number of nitrogens with one attached hydrogen (secondary N) is 1. The van der Waals surface area contributed by atoms with Gasteiger partial charge in [0.15, 0.2) is 0 Å². The van der Waals surface area contributed by atoms with E-state index in [1.165, 1.54) is 12.1 Å². The van der Waals surface area contributed by atoms with E-state index >= 15 is 0 Å². The first-order chi connectivity index (χ1) is 8.74. The Labute approximate surface area is 107 Å². The number of benzene rings is 1. The van der Waals surface area contributed by atoms with Gasteiger partial charge in [0.05, 0.1) is 6.42 Å². The Morgan fingerprint density at radius 1 is 1.26 bits per heavy atom. The molecule has 7 nitrogen and oxygen atoms in total. The van der Waals surface area contributed by atoms with E-state index in [1.54, 1.807) is 4.72 Å². The number of rotatable bonds is 6. The molecule has 1 aromatic rings. The molecule has 0 spiro atoms. The maximum absolute atomic E-state index is 13.3. The Bertz CT molecular complexity index is 600. The summed E-state index contributed by atoms with van der Waals surface area (Å²) in [4.78, 5) is 20.4. The molecule has 0 aliphatic rings. The summed E-state index contributed by atoms with van der Waals surface area (Å²) in [5.41, 5.74) is 0. The highest BCUT2D eigenvalue weighted by atomic mass is 32.2. The van der Waals surface area contributed by atoms with Crippen LogP contribution in [0.2, 0.25) is 0 Å². The molecule has 0 fully saturated rings. The smallest absolute Gasteiger partial charge is 0.322 e. The van der Waals surface area contributed by atoms with Crippen LogP contribution in [0, 0.1) is 5.82 Å². The van der Waals surface area contributed by atoms with Crippen molar-refractivity contribution < 1.29 is 32.6 Å². The zero-order chi connectivity index (χ0) is 14.6. The van der Waals surface area contributed by atoms with Gasteiger partial charge in [0.1, 0.15) is 16.8 Å². The highest BCUT2D eigenvalue weighted by Gasteiger charge is 2.28. The Morgan fingerprint density at radius 3 is 2.32 bits per heavy atom. The maximum atomic E-state index is 13.3. The molecule has 1 aromatic carbocycles. The summed E-state index contributed by atoms with van der Waals surface area (Å²) in [6.45, 7) is 0. The van der Waals surface area contributed by atoms with Crippen LogP contribution >= 0.6 is 0 Å². The number of hydrogen-bond donors (Lipinski definition) is 3. The van der Waals surface area contributed by atoms with Crippen molar-refractivity contribution >= 4 is 22.0 Å². The standard InChI is InChI=1S/C10H10FNO6S/c11-6-3-1-2-4-8(6)19(17,18)12-7(10(15)16)5-9(13)14/h1-4,7,12H,5H2,(H,13,14)(H,15,16). The second-order valence-electron chi connectivity index (χ2n) is 3.54. The molecule has 1 rings (SSSR count). The van der Waals surface area contributed by atoms with Crippen LogP contribution in [-0.4, -0.2) is 36.6 Å². The van der Waals surface area contributed by atoms with Crippen LogP contribution in [-0.2, 0) is 19.6 Å². The number of sulfonamides is 1. The molecule has 0 heterocycles. The topological polar surface area (TPSA) is 121 Å². The van der Waals surface area contributed by atoms with Gasteiger partial charge in [-0.1, -0.05) is 12.1 Å². The molecule has 0 saturated heterocycles. The molecule has 9 heteroatoms. The fourth-order valence-corrected chi connectivity index (χ4v) is 2.54. The average Bonchev–Trinajstić information content (AvgIpc) is 2.27. The summed E-state index contributed by atoms with van der Waals surface area (Å²) in [6, 6.07) is 2.48. The molecular weight excluding hydrogens is 281 g/mol. The van der Waals surface area contributed by atoms with Crippen LogP contribution in [0.3, 0.4) is 0 Å². The van der Waals surface area contributed by atoms with E-state index in [0.29, 0.717) is 0 Å². The molecule has 19 heavy (non-hydrogen) atoms. The van der Waals surface area contributed by atoms with E-state index in [-0.39, 0.29) is 0 Å². The Kier molecular flexibility index (Phi) is 4.57. The van der Waals surface area contributed by atoms with E-state index in [2.05, 4.69) is 0 Å². The van der Waals surface area contributed by atoms with Crippen LogP contribution in [0.1, 0.15) is 6.42 Å². The van der Waals surface area contributed by atoms with Gasteiger partial charge in [-0.05, 0) is 12.1 Å². The number of carboxylic acids is 2. The first-order valence-corrected chi connectivity index (χ1v) is 6.44. The van der Waals surface area contributed by atoms with Gasteiger partial charge in [-0.3, -0.25) is 9.59 Å². The number of halogens is 1. The Hall–Kier alpha value is -2.00. The number of hydrogen-bond acceptors (Lipinski definition) is 4. The number of aliphatic carboxylic acids is 2. The van der Waals surface area contributed by atoms with Gasteiger partial charge in [0.2, 0.25) is 10.0 Å². The third-order valence-electron chi connectivity index (χ3n) is 2.10. The predicted octanol–water partition coefficient (Wildman–Crippen LogP) is 0.0319. The van der Waals surface area contributed by atoms with Gasteiger partial charge in [-0.15, -0.1) is 0 Å². The second-order valence-corrected chi connectivity index (χ2v) is 5.22. The minimum atomic E-state index is -4.45. The first kappa shape index (κ1) is 15.1. The van der Waals surface area contributed by atoms with E-state index in [0.717, 1.165) is 12.1 Å². The minimum Gasteiger partial charge on any atom is -0.481 e. The van der Waals surface area contributed by atoms with E-state index in [1.807, 2.05) is 0 Å². The van der Waals surface area contributed by atoms with Crippen molar-refractivity contribution in [3.8, 4) is 0 Å². The minimum absolute atomic E-state index is 0.744. The lowest BCUT2D eigenvalue weighted by Crippen LogP contribution is -2.42. The predicted molar refractivity (Wildman–Crippen MR) is 60.4 cm³/mol. The van der Waals surface area contributed by atoms with Gasteiger partial charge in [-0.2, -0.15) is 4.72 Å². The Morgan fingerprint density at radius 2 is 1.84 bits per heavy atom. The zero-order valence-corrected chi connectivity index (χ0v) is 10.2. The monoisotopic (exact) mass is 291 g/mol. The fourth-order valence-electron chi connectivity index (χ4n) is 1.27. The molecule has 0 aromatic heterocycles. The van der Waals surface area contributed by atoms with Crippen molar-refractivity contribution in [1.82, 2.24) is 4.72 Å². The molecule has 0 aliphatic heterocycles. The van der Waals surface area contributed by atoms with Crippen molar-refractivity contribution in [1.29, 1.82) is 0 Å². The van der Waals surface area contributed by atoms with Crippen molar-refractivity contribution in [2.24, 2.45) is 0 Å². The number of carboxylic acid groups (broad SMARTS) is 2. The largest absolute Gasteiger partial charge is 0.481 e. The van der Waals surface area contributed by atoms with Crippen LogP contribution in [0.4, 0.5) is 4.39 Å². The summed E-state index contributed by atoms with van der Waals surface area (Å²) in [6.07, 6.45) is -0.955. The first-order valence-electron chi connectivity index (χ1n) is 4.95. The third kappa shape index (κ3) is 4.00. The lowest BCUT2D eigenvalue weighted by molar-refractivity contribution is -0.145. The quantitative estimate of drug-likeness (QED) is 0.680. The second kappa shape index (κ2) is 5.76. The highest BCUT2D eigenvalue weighted by molar-refractivity contribution is 7.89. The van der Waals surface area contributed by atoms with Crippen molar-refractivity contribution in [3.05, 3.63) is 30.1 Å². The number of carbonyl (C=O) groups is 2. The molecule has 0 radical (unpaired) electrons. The molecule has 104 valence electrons. The molecule has 0 bridgehead atoms. The summed E-state index contributed by atoms with van der Waals surface area (Å²) in [5, 5.41) is 17.2. The summed E-state index contributed by atoms with van der Waals surface area (Å²) in [5.74, 6) is -4.22. The van der Waals surface area contributed by atoms with Crippen molar-refractivity contribution in [3.63, 3.8) is 0 Å². The van der Waals surface area contributed by atoms with Crippen LogP contribution in [0.25, 0.3) is 0 Å². The third-order valence-corrected chi connectivity index (χ3v) is 3.61. The highest BCUT2D eigenvalue weighted by Crippen LogP contribution is 2.14. The summed E-state index contributed by atoms with van der Waals surface area (Å²) in [7, 11) is -4.45. The van der Waals surface area contributed by atoms with Crippen LogP contribution in [0.15, 0.2) is 29.2 Å². The van der Waals surface area contributed by atoms with Crippen molar-refractivity contribution in [2.75, 3.05) is 0 Å². The fraction of sp³-hybridized carbons (Fsp3) is 0.200. The SMILES string of the molecule is O=C(O)CC(NS(=O)(=O)c1ccccc1F)C(=O)O. The van der Waals surface area contributed by atoms with E-state index in [4.69, 9.17) is 10.2 Å². The normalized spacial score (nSPS) is 12.9. The lowest BCUT2D eigenvalue weighted by Gasteiger charge is -2.13. The van der Waals surface area contributed by atoms with E-state index < -0.39 is 45.1 Å². The van der Waals surface area contributed by atoms with Crippen LogP contribution < -0.4 is 4.72 Å². The summed E-state index contributed by atoms with van der Waals surface area (Å²) < 4.78 is 38.4. The van der Waals surface area contributed by atoms with Gasteiger partial charge in [0, 0.05) is 0 Å². The molecular formula is C10H10FNO6S. The molecule has 0 aliphatic carbocycles. The molecule has 0 saturated carbocycles. The molecule has 3 N–H and O–H groups in total. The van der Waals surface area contributed by atoms with Crippen LogP contribution in [0.5, 0.6) is 0 Å². The van der Waals surface area contributed by atoms with Gasteiger partial charge in [-0.25, -0.2) is 12.8 Å². The van der Waals surface area contributed by atoms with E-state index in [9.17, 15) is 22.4 Å². The summed E-state index contributed by atoms with van der Waals surface area (Å²) >= 11 is 0. The van der Waals surface area contributed by atoms with Crippen molar-refractivity contribution in [2.45, 2.75) is 17.4 Å². The average molecular weight is 291 g/mol.